The minimum Gasteiger partial charge on any atom is -0.478 e. The second-order valence-corrected chi connectivity index (χ2v) is 5.04. The first-order valence-corrected chi connectivity index (χ1v) is 6.44. The predicted molar refractivity (Wildman–Crippen MR) is 81.8 cm³/mol. The second-order valence-electron chi connectivity index (χ2n) is 5.04. The van der Waals surface area contributed by atoms with Gasteiger partial charge in [0.2, 0.25) is 0 Å². The zero-order valence-corrected chi connectivity index (χ0v) is 12.1. The van der Waals surface area contributed by atoms with Crippen molar-refractivity contribution in [3.05, 3.63) is 52.8 Å². The third kappa shape index (κ3) is 2.81. The highest BCUT2D eigenvalue weighted by Crippen LogP contribution is 2.33. The molecule has 5 heteroatoms. The first kappa shape index (κ1) is 14.8. The maximum atomic E-state index is 13.9. The number of carboxylic acids is 1. The van der Waals surface area contributed by atoms with Crippen molar-refractivity contribution in [1.82, 2.24) is 0 Å². The van der Waals surface area contributed by atoms with Gasteiger partial charge in [0.1, 0.15) is 5.82 Å². The second kappa shape index (κ2) is 5.44. The van der Waals surface area contributed by atoms with Gasteiger partial charge in [-0.15, -0.1) is 0 Å². The van der Waals surface area contributed by atoms with Crippen LogP contribution in [-0.2, 0) is 0 Å². The van der Waals surface area contributed by atoms with E-state index in [1.54, 1.807) is 11.9 Å². The number of halogens is 1. The lowest BCUT2D eigenvalue weighted by Gasteiger charge is -2.24. The van der Waals surface area contributed by atoms with Crippen molar-refractivity contribution in [2.24, 2.45) is 0 Å². The van der Waals surface area contributed by atoms with Gasteiger partial charge in [0, 0.05) is 18.8 Å². The van der Waals surface area contributed by atoms with Crippen molar-refractivity contribution >= 4 is 23.0 Å². The minimum atomic E-state index is -1.33. The molecule has 2 rings (SSSR count). The highest BCUT2D eigenvalue weighted by atomic mass is 19.1. The van der Waals surface area contributed by atoms with Crippen molar-refractivity contribution in [3.63, 3.8) is 0 Å². The minimum absolute atomic E-state index is 0.219. The Hall–Kier alpha value is -2.56. The highest BCUT2D eigenvalue weighted by molar-refractivity contribution is 5.91. The molecule has 0 bridgehead atoms. The summed E-state index contributed by atoms with van der Waals surface area (Å²) >= 11 is 0. The Labute approximate surface area is 122 Å². The lowest BCUT2D eigenvalue weighted by atomic mass is 10.1. The van der Waals surface area contributed by atoms with Gasteiger partial charge in [0.25, 0.3) is 0 Å². The van der Waals surface area contributed by atoms with Crippen LogP contribution in [0.25, 0.3) is 0 Å². The fourth-order valence-corrected chi connectivity index (χ4v) is 2.35. The average Bonchev–Trinajstić information content (AvgIpc) is 2.40. The van der Waals surface area contributed by atoms with Gasteiger partial charge in [0.05, 0.1) is 16.9 Å². The third-order valence-electron chi connectivity index (χ3n) is 3.42. The summed E-state index contributed by atoms with van der Waals surface area (Å²) in [7, 11) is 1.77. The molecule has 2 aromatic carbocycles. The third-order valence-corrected chi connectivity index (χ3v) is 3.42. The number of carbonyl (C=O) groups is 1. The summed E-state index contributed by atoms with van der Waals surface area (Å²) in [6, 6.07) is 8.19. The predicted octanol–water partition coefficient (Wildman–Crippen LogP) is 3.49. The molecule has 0 saturated carbocycles. The molecule has 0 aliphatic rings. The van der Waals surface area contributed by atoms with Crippen LogP contribution in [-0.4, -0.2) is 18.1 Å². The number of hydrogen-bond acceptors (Lipinski definition) is 3. The van der Waals surface area contributed by atoms with Crippen LogP contribution >= 0.6 is 0 Å². The molecular weight excluding hydrogens is 271 g/mol. The fourth-order valence-electron chi connectivity index (χ4n) is 2.35. The van der Waals surface area contributed by atoms with E-state index in [0.29, 0.717) is 5.69 Å². The zero-order valence-electron chi connectivity index (χ0n) is 12.1. The number of aromatic carboxylic acids is 1. The van der Waals surface area contributed by atoms with Crippen LogP contribution < -0.4 is 10.6 Å². The summed E-state index contributed by atoms with van der Waals surface area (Å²) < 4.78 is 13.9. The molecule has 0 atom stereocenters. The van der Waals surface area contributed by atoms with Crippen LogP contribution in [0.1, 0.15) is 21.5 Å². The molecule has 0 aliphatic carbocycles. The van der Waals surface area contributed by atoms with Crippen LogP contribution in [0.4, 0.5) is 21.5 Å². The Morgan fingerprint density at radius 1 is 1.19 bits per heavy atom. The van der Waals surface area contributed by atoms with E-state index in [0.717, 1.165) is 28.9 Å². The normalized spacial score (nSPS) is 10.5. The molecule has 0 aromatic heterocycles. The summed E-state index contributed by atoms with van der Waals surface area (Å²) in [5, 5.41) is 8.90. The Morgan fingerprint density at radius 3 is 2.43 bits per heavy atom. The number of aryl methyl sites for hydroxylation is 2. The molecule has 0 fully saturated rings. The Morgan fingerprint density at radius 2 is 1.86 bits per heavy atom. The van der Waals surface area contributed by atoms with Crippen LogP contribution in [0.3, 0.4) is 0 Å². The van der Waals surface area contributed by atoms with E-state index >= 15 is 0 Å². The zero-order chi connectivity index (χ0) is 15.7. The number of benzene rings is 2. The van der Waals surface area contributed by atoms with Gasteiger partial charge in [-0.2, -0.15) is 0 Å². The number of nitrogen functional groups attached to an aromatic ring is 1. The van der Waals surface area contributed by atoms with Crippen molar-refractivity contribution in [2.45, 2.75) is 13.8 Å². The van der Waals surface area contributed by atoms with E-state index in [4.69, 9.17) is 10.8 Å². The number of nitrogens with zero attached hydrogens (tertiary/aromatic N) is 1. The van der Waals surface area contributed by atoms with Gasteiger partial charge in [-0.05, 0) is 31.5 Å². The smallest absolute Gasteiger partial charge is 0.338 e. The maximum absolute atomic E-state index is 13.9. The van der Waals surface area contributed by atoms with Crippen molar-refractivity contribution in [1.29, 1.82) is 0 Å². The molecular formula is C16H17FN2O2. The van der Waals surface area contributed by atoms with Crippen molar-refractivity contribution in [3.8, 4) is 0 Å². The molecule has 4 nitrogen and oxygen atoms in total. The van der Waals surface area contributed by atoms with E-state index in [-0.39, 0.29) is 5.69 Å². The van der Waals surface area contributed by atoms with Gasteiger partial charge < -0.3 is 15.7 Å². The van der Waals surface area contributed by atoms with E-state index in [1.807, 2.05) is 32.0 Å². The molecule has 0 heterocycles. The van der Waals surface area contributed by atoms with Crippen LogP contribution in [0.2, 0.25) is 0 Å². The molecule has 0 unspecified atom stereocenters. The molecule has 21 heavy (non-hydrogen) atoms. The molecule has 0 aliphatic heterocycles. The van der Waals surface area contributed by atoms with Gasteiger partial charge >= 0.3 is 5.97 Å². The monoisotopic (exact) mass is 288 g/mol. The number of anilines is 3. The SMILES string of the molecule is Cc1ccc(N(C)c2cc(F)c(C(=O)O)cc2N)c(C)c1. The molecule has 3 N–H and O–H groups in total. The summed E-state index contributed by atoms with van der Waals surface area (Å²) in [5.41, 5.74) is 9.14. The quantitative estimate of drug-likeness (QED) is 0.848. The Balaban J connectivity index is 2.51. The van der Waals surface area contributed by atoms with Gasteiger partial charge in [-0.1, -0.05) is 17.7 Å². The Kier molecular flexibility index (Phi) is 3.84. The van der Waals surface area contributed by atoms with E-state index < -0.39 is 17.3 Å². The molecule has 0 amide bonds. The van der Waals surface area contributed by atoms with Gasteiger partial charge in [-0.3, -0.25) is 0 Å². The lowest BCUT2D eigenvalue weighted by molar-refractivity contribution is 0.0692. The fraction of sp³-hybridized carbons (Fsp3) is 0.188. The first-order valence-electron chi connectivity index (χ1n) is 6.44. The van der Waals surface area contributed by atoms with Gasteiger partial charge in [0.15, 0.2) is 0 Å². The molecule has 110 valence electrons. The van der Waals surface area contributed by atoms with E-state index in [9.17, 15) is 9.18 Å². The van der Waals surface area contributed by atoms with Gasteiger partial charge in [-0.25, -0.2) is 9.18 Å². The highest BCUT2D eigenvalue weighted by Gasteiger charge is 2.17. The standard InChI is InChI=1S/C16H17FN2O2/c1-9-4-5-14(10(2)6-9)19(3)15-8-12(17)11(16(20)21)7-13(15)18/h4-8H,18H2,1-3H3,(H,20,21). The number of rotatable bonds is 3. The number of nitrogens with two attached hydrogens (primary N) is 1. The number of hydrogen-bond donors (Lipinski definition) is 2. The summed E-state index contributed by atoms with van der Waals surface area (Å²) in [6.45, 7) is 3.95. The summed E-state index contributed by atoms with van der Waals surface area (Å²) in [5.74, 6) is -2.14. The Bertz CT molecular complexity index is 714. The van der Waals surface area contributed by atoms with Crippen LogP contribution in [0.5, 0.6) is 0 Å². The maximum Gasteiger partial charge on any atom is 0.338 e. The average molecular weight is 288 g/mol. The van der Waals surface area contributed by atoms with Crippen LogP contribution in [0, 0.1) is 19.7 Å². The van der Waals surface area contributed by atoms with Crippen molar-refractivity contribution in [2.75, 3.05) is 17.7 Å². The molecule has 2 aromatic rings. The molecule has 0 saturated heterocycles. The summed E-state index contributed by atoms with van der Waals surface area (Å²) in [6.07, 6.45) is 0. The largest absolute Gasteiger partial charge is 0.478 e. The molecule has 0 spiro atoms. The van der Waals surface area contributed by atoms with Crippen molar-refractivity contribution < 1.29 is 14.3 Å². The topological polar surface area (TPSA) is 66.6 Å². The number of carboxylic acid groups (broad SMARTS) is 1. The van der Waals surface area contributed by atoms with E-state index in [2.05, 4.69) is 0 Å². The lowest BCUT2D eigenvalue weighted by Crippen LogP contribution is -2.14. The van der Waals surface area contributed by atoms with Crippen LogP contribution in [0.15, 0.2) is 30.3 Å². The molecule has 0 radical (unpaired) electrons. The van der Waals surface area contributed by atoms with E-state index in [1.165, 1.54) is 0 Å². The summed E-state index contributed by atoms with van der Waals surface area (Å²) in [4.78, 5) is 12.7. The first-order chi connectivity index (χ1) is 9.81.